The molecule has 0 aromatic carbocycles. The minimum atomic E-state index is -0.0363. The predicted molar refractivity (Wildman–Crippen MR) is 74.1 cm³/mol. The van der Waals surface area contributed by atoms with E-state index in [4.69, 9.17) is 4.42 Å². The van der Waals surface area contributed by atoms with E-state index >= 15 is 0 Å². The van der Waals surface area contributed by atoms with Crippen LogP contribution in [0.5, 0.6) is 0 Å². The molecule has 5 nitrogen and oxygen atoms in total. The fraction of sp³-hybridized carbons (Fsp3) is 0.500. The Bertz CT molecular complexity index is 599. The van der Waals surface area contributed by atoms with Crippen molar-refractivity contribution in [2.75, 3.05) is 0 Å². The highest BCUT2D eigenvalue weighted by atomic mass is 16.3. The molecular weight excluding hydrogens is 242 g/mol. The Kier molecular flexibility index (Phi) is 3.66. The smallest absolute Gasteiger partial charge is 0.328 e. The maximum absolute atomic E-state index is 11.7. The lowest BCUT2D eigenvalue weighted by Crippen LogP contribution is -2.34. The van der Waals surface area contributed by atoms with Gasteiger partial charge in [-0.05, 0) is 32.9 Å². The number of hydrogen-bond donors (Lipinski definition) is 1. The zero-order valence-electron chi connectivity index (χ0n) is 11.9. The van der Waals surface area contributed by atoms with E-state index in [0.717, 1.165) is 11.5 Å². The summed E-state index contributed by atoms with van der Waals surface area (Å²) in [5.74, 6) is 1.67. The molecule has 0 spiro atoms. The summed E-state index contributed by atoms with van der Waals surface area (Å²) in [5, 5.41) is 3.36. The standard InChI is InChI=1S/C14H21N3O2/c1-14(2,3)15-9-11-5-6-12(19-11)10-17-8-7-16(4)13(17)18/h5-8,15H,9-10H2,1-4H3. The Balaban J connectivity index is 2.02. The number of nitrogens with zero attached hydrogens (tertiary/aromatic N) is 2. The first-order valence-electron chi connectivity index (χ1n) is 6.39. The molecule has 0 aliphatic carbocycles. The summed E-state index contributed by atoms with van der Waals surface area (Å²) in [6.45, 7) is 7.49. The molecule has 2 heterocycles. The van der Waals surface area contributed by atoms with Gasteiger partial charge in [0.2, 0.25) is 0 Å². The third kappa shape index (κ3) is 3.61. The average Bonchev–Trinajstić information content (AvgIpc) is 2.88. The van der Waals surface area contributed by atoms with Crippen LogP contribution in [-0.4, -0.2) is 14.7 Å². The van der Waals surface area contributed by atoms with E-state index in [-0.39, 0.29) is 11.2 Å². The summed E-state index contributed by atoms with van der Waals surface area (Å²) in [5.41, 5.74) is 0.0225. The topological polar surface area (TPSA) is 52.1 Å². The molecule has 0 bridgehead atoms. The van der Waals surface area contributed by atoms with Crippen LogP contribution in [0, 0.1) is 0 Å². The minimum Gasteiger partial charge on any atom is -0.463 e. The van der Waals surface area contributed by atoms with Crippen LogP contribution in [0.15, 0.2) is 33.7 Å². The number of furan rings is 1. The highest BCUT2D eigenvalue weighted by Crippen LogP contribution is 2.10. The van der Waals surface area contributed by atoms with E-state index in [9.17, 15) is 4.79 Å². The van der Waals surface area contributed by atoms with Crippen molar-refractivity contribution in [1.29, 1.82) is 0 Å². The van der Waals surface area contributed by atoms with Gasteiger partial charge in [-0.3, -0.25) is 4.57 Å². The molecule has 0 radical (unpaired) electrons. The molecule has 2 aromatic heterocycles. The van der Waals surface area contributed by atoms with Gasteiger partial charge in [-0.2, -0.15) is 0 Å². The van der Waals surface area contributed by atoms with Crippen LogP contribution in [0.2, 0.25) is 0 Å². The van der Waals surface area contributed by atoms with Crippen LogP contribution in [0.1, 0.15) is 32.3 Å². The van der Waals surface area contributed by atoms with E-state index in [1.54, 1.807) is 28.6 Å². The van der Waals surface area contributed by atoms with Crippen LogP contribution in [0.4, 0.5) is 0 Å². The molecule has 0 saturated heterocycles. The molecule has 1 N–H and O–H groups in total. The van der Waals surface area contributed by atoms with Crippen LogP contribution < -0.4 is 11.0 Å². The van der Waals surface area contributed by atoms with Crippen molar-refractivity contribution >= 4 is 0 Å². The van der Waals surface area contributed by atoms with E-state index < -0.39 is 0 Å². The van der Waals surface area contributed by atoms with Gasteiger partial charge in [-0.15, -0.1) is 0 Å². The van der Waals surface area contributed by atoms with Crippen molar-refractivity contribution in [3.05, 3.63) is 46.5 Å². The van der Waals surface area contributed by atoms with E-state index in [2.05, 4.69) is 26.1 Å². The Morgan fingerprint density at radius 2 is 1.89 bits per heavy atom. The summed E-state index contributed by atoms with van der Waals surface area (Å²) in [4.78, 5) is 11.7. The SMILES string of the molecule is Cn1ccn(Cc2ccc(CNC(C)(C)C)o2)c1=O. The zero-order chi connectivity index (χ0) is 14.0. The van der Waals surface area contributed by atoms with Gasteiger partial charge < -0.3 is 14.3 Å². The largest absolute Gasteiger partial charge is 0.463 e. The molecule has 104 valence electrons. The molecule has 0 unspecified atom stereocenters. The van der Waals surface area contributed by atoms with Gasteiger partial charge in [-0.25, -0.2) is 4.79 Å². The lowest BCUT2D eigenvalue weighted by molar-refractivity contribution is 0.375. The first-order chi connectivity index (χ1) is 8.85. The second-order valence-corrected chi connectivity index (χ2v) is 5.79. The average molecular weight is 263 g/mol. The Hall–Kier alpha value is -1.75. The van der Waals surface area contributed by atoms with Crippen molar-refractivity contribution in [2.45, 2.75) is 39.4 Å². The van der Waals surface area contributed by atoms with Gasteiger partial charge in [0.1, 0.15) is 11.5 Å². The maximum Gasteiger partial charge on any atom is 0.328 e. The normalized spacial score (nSPS) is 12.0. The number of imidazole rings is 1. The predicted octanol–water partition coefficient (Wildman–Crippen LogP) is 1.72. The quantitative estimate of drug-likeness (QED) is 0.913. The first kappa shape index (κ1) is 13.7. The first-order valence-corrected chi connectivity index (χ1v) is 6.39. The van der Waals surface area contributed by atoms with Crippen LogP contribution in [-0.2, 0) is 20.1 Å². The summed E-state index contributed by atoms with van der Waals surface area (Å²) >= 11 is 0. The number of hydrogen-bond acceptors (Lipinski definition) is 3. The van der Waals surface area contributed by atoms with Crippen molar-refractivity contribution in [3.8, 4) is 0 Å². The maximum atomic E-state index is 11.7. The Morgan fingerprint density at radius 1 is 1.21 bits per heavy atom. The van der Waals surface area contributed by atoms with E-state index in [1.807, 2.05) is 12.1 Å². The molecule has 0 aliphatic rings. The molecule has 5 heteroatoms. The van der Waals surface area contributed by atoms with Crippen LogP contribution >= 0.6 is 0 Å². The number of nitrogens with one attached hydrogen (secondary N) is 1. The minimum absolute atomic E-state index is 0.0363. The molecule has 19 heavy (non-hydrogen) atoms. The van der Waals surface area contributed by atoms with Gasteiger partial charge in [-0.1, -0.05) is 0 Å². The zero-order valence-corrected chi connectivity index (χ0v) is 11.9. The van der Waals surface area contributed by atoms with E-state index in [0.29, 0.717) is 13.1 Å². The van der Waals surface area contributed by atoms with Gasteiger partial charge in [0.05, 0.1) is 13.1 Å². The highest BCUT2D eigenvalue weighted by molar-refractivity contribution is 5.08. The van der Waals surface area contributed by atoms with Gasteiger partial charge >= 0.3 is 5.69 Å². The van der Waals surface area contributed by atoms with Gasteiger partial charge in [0.25, 0.3) is 0 Å². The fourth-order valence-corrected chi connectivity index (χ4v) is 1.75. The Morgan fingerprint density at radius 3 is 2.47 bits per heavy atom. The van der Waals surface area contributed by atoms with Crippen molar-refractivity contribution < 1.29 is 4.42 Å². The molecule has 2 rings (SSSR count). The third-order valence-corrected chi connectivity index (χ3v) is 2.85. The second-order valence-electron chi connectivity index (χ2n) is 5.79. The summed E-state index contributed by atoms with van der Waals surface area (Å²) in [6, 6.07) is 3.86. The van der Waals surface area contributed by atoms with Gasteiger partial charge in [0.15, 0.2) is 0 Å². The highest BCUT2D eigenvalue weighted by Gasteiger charge is 2.11. The molecule has 0 atom stereocenters. The van der Waals surface area contributed by atoms with Crippen molar-refractivity contribution in [3.63, 3.8) is 0 Å². The molecule has 0 saturated carbocycles. The Labute approximate surface area is 112 Å². The van der Waals surface area contributed by atoms with Crippen LogP contribution in [0.3, 0.4) is 0 Å². The second kappa shape index (κ2) is 5.09. The molecule has 0 fully saturated rings. The summed E-state index contributed by atoms with van der Waals surface area (Å²) in [7, 11) is 1.74. The summed E-state index contributed by atoms with van der Waals surface area (Å²) < 4.78 is 8.89. The fourth-order valence-electron chi connectivity index (χ4n) is 1.75. The molecule has 0 aliphatic heterocycles. The molecule has 2 aromatic rings. The number of rotatable bonds is 4. The van der Waals surface area contributed by atoms with Crippen molar-refractivity contribution in [1.82, 2.24) is 14.5 Å². The van der Waals surface area contributed by atoms with Crippen molar-refractivity contribution in [2.24, 2.45) is 7.05 Å². The monoisotopic (exact) mass is 263 g/mol. The van der Waals surface area contributed by atoms with E-state index in [1.165, 1.54) is 0 Å². The summed E-state index contributed by atoms with van der Waals surface area (Å²) in [6.07, 6.45) is 3.51. The number of aryl methyl sites for hydroxylation is 1. The number of aromatic nitrogens is 2. The molecule has 0 amide bonds. The molecular formula is C14H21N3O2. The van der Waals surface area contributed by atoms with Gasteiger partial charge in [0, 0.05) is 25.0 Å². The lowest BCUT2D eigenvalue weighted by atomic mass is 10.1. The lowest BCUT2D eigenvalue weighted by Gasteiger charge is -2.19. The van der Waals surface area contributed by atoms with Crippen LogP contribution in [0.25, 0.3) is 0 Å². The third-order valence-electron chi connectivity index (χ3n) is 2.85.